The summed E-state index contributed by atoms with van der Waals surface area (Å²) in [6.45, 7) is 3.84. The highest BCUT2D eigenvalue weighted by molar-refractivity contribution is 6.00. The van der Waals surface area contributed by atoms with E-state index in [4.69, 9.17) is 4.74 Å². The molecule has 0 N–H and O–H groups in total. The smallest absolute Gasteiger partial charge is 0.416 e. The average molecular weight is 338 g/mol. The molecule has 3 rings (SSSR count). The molecule has 0 radical (unpaired) electrons. The van der Waals surface area contributed by atoms with Crippen molar-refractivity contribution in [2.75, 3.05) is 0 Å². The minimum atomic E-state index is -4.42. The molecule has 128 valence electrons. The van der Waals surface area contributed by atoms with Crippen LogP contribution in [0.1, 0.15) is 50.2 Å². The molecule has 1 atom stereocenters. The standard InChI is InChI=1S/C18H17F3O3/c1-17(2)8-13(22)16-12(7-15(23)24-14(16)9-17)10-3-5-11(6-4-10)18(19,20)21/h3-6,12H,7-9H2,1-2H3. The minimum Gasteiger partial charge on any atom is -0.431 e. The summed E-state index contributed by atoms with van der Waals surface area (Å²) in [5.74, 6) is -0.715. The number of rotatable bonds is 1. The number of carbonyl (C=O) groups excluding carboxylic acids is 2. The Kier molecular flexibility index (Phi) is 3.81. The molecule has 1 aliphatic carbocycles. The highest BCUT2D eigenvalue weighted by Crippen LogP contribution is 2.46. The Hall–Kier alpha value is -2.11. The monoisotopic (exact) mass is 338 g/mol. The van der Waals surface area contributed by atoms with E-state index in [0.717, 1.165) is 12.1 Å². The quantitative estimate of drug-likeness (QED) is 0.714. The largest absolute Gasteiger partial charge is 0.431 e. The van der Waals surface area contributed by atoms with Crippen molar-refractivity contribution in [3.05, 3.63) is 46.7 Å². The molecule has 0 fully saturated rings. The third-order valence-electron chi connectivity index (χ3n) is 4.48. The van der Waals surface area contributed by atoms with Gasteiger partial charge in [0.05, 0.1) is 12.0 Å². The van der Waals surface area contributed by atoms with Gasteiger partial charge in [0, 0.05) is 24.3 Å². The van der Waals surface area contributed by atoms with E-state index in [2.05, 4.69) is 0 Å². The van der Waals surface area contributed by atoms with Crippen LogP contribution in [0.3, 0.4) is 0 Å². The molecule has 0 amide bonds. The third-order valence-corrected chi connectivity index (χ3v) is 4.48. The van der Waals surface area contributed by atoms with Crippen LogP contribution in [-0.2, 0) is 20.5 Å². The van der Waals surface area contributed by atoms with Crippen molar-refractivity contribution >= 4 is 11.8 Å². The summed E-state index contributed by atoms with van der Waals surface area (Å²) < 4.78 is 43.4. The van der Waals surface area contributed by atoms with E-state index in [1.54, 1.807) is 0 Å². The number of esters is 1. The van der Waals surface area contributed by atoms with Crippen LogP contribution in [-0.4, -0.2) is 11.8 Å². The Morgan fingerprint density at radius 3 is 2.29 bits per heavy atom. The average Bonchev–Trinajstić information content (AvgIpc) is 2.43. The fraction of sp³-hybridized carbons (Fsp3) is 0.444. The lowest BCUT2D eigenvalue weighted by molar-refractivity contribution is -0.143. The molecule has 1 aromatic carbocycles. The lowest BCUT2D eigenvalue weighted by atomic mass is 9.71. The zero-order valence-corrected chi connectivity index (χ0v) is 13.4. The van der Waals surface area contributed by atoms with Crippen molar-refractivity contribution in [2.24, 2.45) is 5.41 Å². The molecule has 0 saturated carbocycles. The molecule has 0 saturated heterocycles. The second-order valence-electron chi connectivity index (χ2n) is 7.13. The summed E-state index contributed by atoms with van der Waals surface area (Å²) in [6, 6.07) is 4.63. The first-order valence-electron chi connectivity index (χ1n) is 7.71. The highest BCUT2D eigenvalue weighted by Gasteiger charge is 2.42. The van der Waals surface area contributed by atoms with E-state index in [-0.39, 0.29) is 17.6 Å². The Balaban J connectivity index is 2.00. The summed E-state index contributed by atoms with van der Waals surface area (Å²) in [5, 5.41) is 0. The summed E-state index contributed by atoms with van der Waals surface area (Å²) in [5.41, 5.74) is -0.0815. The molecular weight excluding hydrogens is 321 g/mol. The number of hydrogen-bond donors (Lipinski definition) is 0. The first-order chi connectivity index (χ1) is 11.1. The van der Waals surface area contributed by atoms with E-state index in [9.17, 15) is 22.8 Å². The van der Waals surface area contributed by atoms with E-state index in [1.807, 2.05) is 13.8 Å². The van der Waals surface area contributed by atoms with Gasteiger partial charge < -0.3 is 4.74 Å². The van der Waals surface area contributed by atoms with Gasteiger partial charge in [-0.2, -0.15) is 13.2 Å². The fourth-order valence-electron chi connectivity index (χ4n) is 3.39. The molecule has 24 heavy (non-hydrogen) atoms. The Morgan fingerprint density at radius 2 is 1.71 bits per heavy atom. The summed E-state index contributed by atoms with van der Waals surface area (Å²) in [7, 11) is 0. The Bertz CT molecular complexity index is 727. The van der Waals surface area contributed by atoms with Crippen molar-refractivity contribution in [3.8, 4) is 0 Å². The lowest BCUT2D eigenvalue weighted by Gasteiger charge is -2.36. The van der Waals surface area contributed by atoms with Crippen LogP contribution in [0.15, 0.2) is 35.6 Å². The first kappa shape index (κ1) is 16.7. The molecule has 1 aliphatic heterocycles. The zero-order valence-electron chi connectivity index (χ0n) is 13.4. The van der Waals surface area contributed by atoms with E-state index < -0.39 is 23.6 Å². The summed E-state index contributed by atoms with van der Waals surface area (Å²) in [6.07, 6.45) is -3.65. The maximum absolute atomic E-state index is 12.7. The van der Waals surface area contributed by atoms with Crippen molar-refractivity contribution < 1.29 is 27.5 Å². The van der Waals surface area contributed by atoms with Crippen LogP contribution in [0.25, 0.3) is 0 Å². The Morgan fingerprint density at radius 1 is 1.08 bits per heavy atom. The topological polar surface area (TPSA) is 43.4 Å². The molecule has 1 aromatic rings. The van der Waals surface area contributed by atoms with Gasteiger partial charge in [0.15, 0.2) is 5.78 Å². The number of Topliss-reactive ketones (excluding diaryl/α,β-unsaturated/α-hetero) is 1. The number of alkyl halides is 3. The van der Waals surface area contributed by atoms with Gasteiger partial charge in [-0.05, 0) is 23.1 Å². The number of carbonyl (C=O) groups is 2. The number of allylic oxidation sites excluding steroid dienone is 2. The maximum Gasteiger partial charge on any atom is 0.416 e. The highest BCUT2D eigenvalue weighted by atomic mass is 19.4. The number of hydrogen-bond acceptors (Lipinski definition) is 3. The SMILES string of the molecule is CC1(C)CC(=O)C2=C(C1)OC(=O)CC2c1ccc(C(F)(F)F)cc1. The zero-order chi connectivity index (χ0) is 17.7. The molecule has 1 heterocycles. The summed E-state index contributed by atoms with van der Waals surface area (Å²) >= 11 is 0. The lowest BCUT2D eigenvalue weighted by Crippen LogP contribution is -2.33. The van der Waals surface area contributed by atoms with E-state index >= 15 is 0 Å². The van der Waals surface area contributed by atoms with Crippen LogP contribution in [0.5, 0.6) is 0 Å². The van der Waals surface area contributed by atoms with Crippen molar-refractivity contribution in [2.45, 2.75) is 45.2 Å². The van der Waals surface area contributed by atoms with Gasteiger partial charge in [-0.15, -0.1) is 0 Å². The second-order valence-corrected chi connectivity index (χ2v) is 7.13. The van der Waals surface area contributed by atoms with E-state index in [1.165, 1.54) is 12.1 Å². The molecule has 6 heteroatoms. The van der Waals surface area contributed by atoms with Gasteiger partial charge in [0.2, 0.25) is 0 Å². The number of halogens is 3. The van der Waals surface area contributed by atoms with Crippen LogP contribution < -0.4 is 0 Å². The predicted molar refractivity (Wildman–Crippen MR) is 79.9 cm³/mol. The van der Waals surface area contributed by atoms with E-state index in [0.29, 0.717) is 29.7 Å². The fourth-order valence-corrected chi connectivity index (χ4v) is 3.39. The van der Waals surface area contributed by atoms with Crippen LogP contribution >= 0.6 is 0 Å². The summed E-state index contributed by atoms with van der Waals surface area (Å²) in [4.78, 5) is 24.4. The normalized spacial score (nSPS) is 23.8. The third kappa shape index (κ3) is 3.09. The van der Waals surface area contributed by atoms with Crippen LogP contribution in [0.2, 0.25) is 0 Å². The maximum atomic E-state index is 12.7. The molecule has 3 nitrogen and oxygen atoms in total. The van der Waals surface area contributed by atoms with Crippen molar-refractivity contribution in [3.63, 3.8) is 0 Å². The van der Waals surface area contributed by atoms with Gasteiger partial charge in [-0.1, -0.05) is 26.0 Å². The number of ketones is 1. The van der Waals surface area contributed by atoms with Gasteiger partial charge in [0.25, 0.3) is 0 Å². The molecule has 2 aliphatic rings. The van der Waals surface area contributed by atoms with Crippen molar-refractivity contribution in [1.82, 2.24) is 0 Å². The minimum absolute atomic E-state index is 0.0314. The van der Waals surface area contributed by atoms with Gasteiger partial charge >= 0.3 is 12.1 Å². The van der Waals surface area contributed by atoms with Crippen LogP contribution in [0, 0.1) is 5.41 Å². The molecule has 0 spiro atoms. The molecular formula is C18H17F3O3. The first-order valence-corrected chi connectivity index (χ1v) is 7.71. The van der Waals surface area contributed by atoms with Gasteiger partial charge in [-0.25, -0.2) is 0 Å². The predicted octanol–water partition coefficient (Wildman–Crippen LogP) is 4.38. The molecule has 0 bridgehead atoms. The van der Waals surface area contributed by atoms with Crippen molar-refractivity contribution in [1.29, 1.82) is 0 Å². The number of ether oxygens (including phenoxy) is 1. The van der Waals surface area contributed by atoms with Gasteiger partial charge in [0.1, 0.15) is 5.76 Å². The molecule has 0 aromatic heterocycles. The Labute approximate surface area is 137 Å². The van der Waals surface area contributed by atoms with Crippen LogP contribution in [0.4, 0.5) is 13.2 Å². The van der Waals surface area contributed by atoms with Gasteiger partial charge in [-0.3, -0.25) is 9.59 Å². The second kappa shape index (κ2) is 5.46. The molecule has 1 unspecified atom stereocenters. The number of benzene rings is 1.